The van der Waals surface area contributed by atoms with E-state index in [1.165, 1.54) is 12.1 Å². The molecule has 0 bridgehead atoms. The molecule has 1 aliphatic rings. The number of rotatable bonds is 2. The number of hydrogen-bond acceptors (Lipinski definition) is 1. The van der Waals surface area contributed by atoms with Crippen LogP contribution in [0.4, 0.5) is 10.1 Å². The van der Waals surface area contributed by atoms with E-state index >= 15 is 0 Å². The Kier molecular flexibility index (Phi) is 2.58. The molecular formula is C11H14FN3. The topological polar surface area (TPSA) is 50.4 Å². The van der Waals surface area contributed by atoms with Crippen LogP contribution in [0.3, 0.4) is 0 Å². The van der Waals surface area contributed by atoms with E-state index in [2.05, 4.69) is 10.3 Å². The Labute approximate surface area is 88.2 Å². The molecule has 1 aromatic rings. The van der Waals surface area contributed by atoms with Gasteiger partial charge in [-0.2, -0.15) is 0 Å². The third-order valence-corrected chi connectivity index (χ3v) is 2.33. The summed E-state index contributed by atoms with van der Waals surface area (Å²) in [6.45, 7) is 1.90. The van der Waals surface area contributed by atoms with Crippen LogP contribution in [0.15, 0.2) is 23.2 Å². The molecule has 1 aliphatic carbocycles. The first-order valence-electron chi connectivity index (χ1n) is 5.01. The van der Waals surface area contributed by atoms with Gasteiger partial charge in [0.15, 0.2) is 5.96 Å². The minimum Gasteiger partial charge on any atom is -0.370 e. The lowest BCUT2D eigenvalue weighted by molar-refractivity contribution is 0.628. The quantitative estimate of drug-likeness (QED) is 0.576. The predicted octanol–water partition coefficient (Wildman–Crippen LogP) is 2.02. The Morgan fingerprint density at radius 2 is 2.27 bits per heavy atom. The fourth-order valence-corrected chi connectivity index (χ4v) is 1.30. The molecule has 0 amide bonds. The summed E-state index contributed by atoms with van der Waals surface area (Å²) < 4.78 is 13.0. The second kappa shape index (κ2) is 3.88. The Bertz CT molecular complexity index is 397. The largest absolute Gasteiger partial charge is 0.370 e. The number of hydrogen-bond donors (Lipinski definition) is 2. The van der Waals surface area contributed by atoms with Gasteiger partial charge in [-0.15, -0.1) is 0 Å². The van der Waals surface area contributed by atoms with Crippen molar-refractivity contribution in [3.63, 3.8) is 0 Å². The molecule has 0 aliphatic heterocycles. The number of aliphatic imine (C=N–C) groups is 1. The van der Waals surface area contributed by atoms with Gasteiger partial charge in [-0.1, -0.05) is 6.07 Å². The smallest absolute Gasteiger partial charge is 0.193 e. The van der Waals surface area contributed by atoms with Crippen molar-refractivity contribution in [1.82, 2.24) is 0 Å². The molecule has 80 valence electrons. The van der Waals surface area contributed by atoms with Gasteiger partial charge in [-0.25, -0.2) is 9.38 Å². The van der Waals surface area contributed by atoms with E-state index in [-0.39, 0.29) is 5.82 Å². The van der Waals surface area contributed by atoms with Gasteiger partial charge in [0.1, 0.15) is 5.82 Å². The zero-order chi connectivity index (χ0) is 10.8. The molecule has 15 heavy (non-hydrogen) atoms. The van der Waals surface area contributed by atoms with Crippen LogP contribution in [-0.2, 0) is 0 Å². The number of aryl methyl sites for hydroxylation is 1. The van der Waals surface area contributed by atoms with Crippen LogP contribution in [0, 0.1) is 12.7 Å². The highest BCUT2D eigenvalue weighted by atomic mass is 19.1. The maximum absolute atomic E-state index is 13.0. The molecule has 1 saturated carbocycles. The van der Waals surface area contributed by atoms with Crippen molar-refractivity contribution in [2.24, 2.45) is 10.7 Å². The van der Waals surface area contributed by atoms with Gasteiger partial charge in [-0.3, -0.25) is 0 Å². The summed E-state index contributed by atoms with van der Waals surface area (Å²) in [7, 11) is 0. The number of benzene rings is 1. The molecule has 0 unspecified atom stereocenters. The van der Waals surface area contributed by atoms with Crippen LogP contribution in [0.25, 0.3) is 0 Å². The fraction of sp³-hybridized carbons (Fsp3) is 0.364. The van der Waals surface area contributed by atoms with Crippen molar-refractivity contribution in [2.45, 2.75) is 25.8 Å². The lowest BCUT2D eigenvalue weighted by Gasteiger charge is -2.08. The third kappa shape index (κ3) is 2.68. The third-order valence-electron chi connectivity index (χ3n) is 2.33. The van der Waals surface area contributed by atoms with Crippen LogP contribution in [0.2, 0.25) is 0 Å². The highest BCUT2D eigenvalue weighted by Gasteiger charge is 2.20. The maximum Gasteiger partial charge on any atom is 0.193 e. The Hall–Kier alpha value is -1.58. The molecule has 3 nitrogen and oxygen atoms in total. The van der Waals surface area contributed by atoms with E-state index in [1.807, 2.05) is 6.92 Å². The van der Waals surface area contributed by atoms with Crippen molar-refractivity contribution in [2.75, 3.05) is 5.32 Å². The number of nitrogens with two attached hydrogens (primary N) is 1. The molecule has 2 rings (SSSR count). The molecule has 1 fully saturated rings. The van der Waals surface area contributed by atoms with Crippen LogP contribution in [0.5, 0.6) is 0 Å². The van der Waals surface area contributed by atoms with Crippen molar-refractivity contribution < 1.29 is 4.39 Å². The second-order valence-electron chi connectivity index (χ2n) is 3.83. The molecule has 0 saturated heterocycles. The van der Waals surface area contributed by atoms with E-state index in [1.54, 1.807) is 6.07 Å². The molecule has 3 N–H and O–H groups in total. The zero-order valence-electron chi connectivity index (χ0n) is 8.63. The maximum atomic E-state index is 13.0. The molecular weight excluding hydrogens is 193 g/mol. The summed E-state index contributed by atoms with van der Waals surface area (Å²) in [5.41, 5.74) is 7.31. The highest BCUT2D eigenvalue weighted by Crippen LogP contribution is 2.23. The van der Waals surface area contributed by atoms with E-state index in [9.17, 15) is 4.39 Å². The normalized spacial score (nSPS) is 16.5. The Morgan fingerprint density at radius 3 is 2.93 bits per heavy atom. The monoisotopic (exact) mass is 207 g/mol. The standard InChI is InChI=1S/C11H14FN3/c1-7-2-3-8(12)6-10(7)15-11(13)14-9-4-5-9/h2-3,6,9H,4-5H2,1H3,(H3,13,14,15). The summed E-state index contributed by atoms with van der Waals surface area (Å²) in [6, 6.07) is 4.92. The van der Waals surface area contributed by atoms with E-state index in [0.29, 0.717) is 17.7 Å². The number of guanidine groups is 1. The van der Waals surface area contributed by atoms with Gasteiger partial charge in [0.05, 0.1) is 6.04 Å². The predicted molar refractivity (Wildman–Crippen MR) is 59.4 cm³/mol. The number of halogens is 1. The first kappa shape index (κ1) is 9.96. The minimum atomic E-state index is -0.276. The summed E-state index contributed by atoms with van der Waals surface area (Å²) in [5, 5.41) is 2.91. The van der Waals surface area contributed by atoms with E-state index in [4.69, 9.17) is 5.73 Å². The van der Waals surface area contributed by atoms with E-state index < -0.39 is 0 Å². The molecule has 4 heteroatoms. The number of anilines is 1. The number of nitrogens with one attached hydrogen (secondary N) is 1. The lowest BCUT2D eigenvalue weighted by Crippen LogP contribution is -2.23. The molecule has 0 aromatic heterocycles. The average Bonchev–Trinajstić information content (AvgIpc) is 2.95. The van der Waals surface area contributed by atoms with Gasteiger partial charge in [0.25, 0.3) is 0 Å². The minimum absolute atomic E-state index is 0.276. The van der Waals surface area contributed by atoms with Crippen LogP contribution in [-0.4, -0.2) is 12.0 Å². The van der Waals surface area contributed by atoms with Gasteiger partial charge in [0.2, 0.25) is 0 Å². The van der Waals surface area contributed by atoms with Crippen LogP contribution < -0.4 is 11.1 Å². The zero-order valence-corrected chi connectivity index (χ0v) is 8.63. The van der Waals surface area contributed by atoms with Gasteiger partial charge >= 0.3 is 0 Å². The first-order chi connectivity index (χ1) is 7.15. The molecule has 1 aromatic carbocycles. The molecule has 0 radical (unpaired) electrons. The van der Waals surface area contributed by atoms with Crippen LogP contribution in [0.1, 0.15) is 18.4 Å². The van der Waals surface area contributed by atoms with Crippen molar-refractivity contribution in [3.05, 3.63) is 29.6 Å². The second-order valence-corrected chi connectivity index (χ2v) is 3.83. The number of nitrogens with zero attached hydrogens (tertiary/aromatic N) is 1. The van der Waals surface area contributed by atoms with Gasteiger partial charge in [0, 0.05) is 5.69 Å². The van der Waals surface area contributed by atoms with Crippen molar-refractivity contribution in [1.29, 1.82) is 0 Å². The SMILES string of the molecule is Cc1ccc(F)cc1NC(N)=NC1CC1. The molecule has 0 heterocycles. The van der Waals surface area contributed by atoms with Gasteiger partial charge in [-0.05, 0) is 37.5 Å². The lowest BCUT2D eigenvalue weighted by atomic mass is 10.2. The summed E-state index contributed by atoms with van der Waals surface area (Å²) in [5.74, 6) is 0.0912. The van der Waals surface area contributed by atoms with Crippen molar-refractivity contribution in [3.8, 4) is 0 Å². The Balaban J connectivity index is 2.11. The average molecular weight is 207 g/mol. The fourth-order valence-electron chi connectivity index (χ4n) is 1.30. The summed E-state index contributed by atoms with van der Waals surface area (Å²) in [4.78, 5) is 4.22. The van der Waals surface area contributed by atoms with Crippen molar-refractivity contribution >= 4 is 11.6 Å². The first-order valence-corrected chi connectivity index (χ1v) is 5.01. The van der Waals surface area contributed by atoms with E-state index in [0.717, 1.165) is 18.4 Å². The summed E-state index contributed by atoms with van der Waals surface area (Å²) in [6.07, 6.45) is 2.20. The molecule has 0 atom stereocenters. The highest BCUT2D eigenvalue weighted by molar-refractivity contribution is 5.93. The van der Waals surface area contributed by atoms with Crippen LogP contribution >= 0.6 is 0 Å². The molecule has 0 spiro atoms. The Morgan fingerprint density at radius 1 is 1.53 bits per heavy atom. The summed E-state index contributed by atoms with van der Waals surface area (Å²) >= 11 is 0. The van der Waals surface area contributed by atoms with Gasteiger partial charge < -0.3 is 11.1 Å².